The molecule has 0 bridgehead atoms. The molecule has 3 nitrogen and oxygen atoms in total. The summed E-state index contributed by atoms with van der Waals surface area (Å²) >= 11 is 0. The minimum Gasteiger partial charge on any atom is -0.381 e. The van der Waals surface area contributed by atoms with Crippen LogP contribution in [0.1, 0.15) is 19.5 Å². The average Bonchev–Trinajstić information content (AvgIpc) is 2.62. The number of para-hydroxylation sites is 1. The molecule has 0 saturated carbocycles. The number of nitrogens with one attached hydrogen (secondary N) is 3. The Hall–Kier alpha value is -1.48. The highest BCUT2D eigenvalue weighted by atomic mass is 15.0. The normalized spacial score (nSPS) is 12.0. The zero-order valence-electron chi connectivity index (χ0n) is 11.0. The maximum atomic E-state index is 3.53. The molecule has 0 spiro atoms. The van der Waals surface area contributed by atoms with E-state index in [9.17, 15) is 0 Å². The van der Waals surface area contributed by atoms with Gasteiger partial charge in [0.05, 0.1) is 5.69 Å². The second kappa shape index (κ2) is 4.41. The Balaban J connectivity index is 2.27. The number of aromatic amines is 1. The molecule has 1 aromatic carbocycles. The summed E-state index contributed by atoms with van der Waals surface area (Å²) in [6.07, 6.45) is 0. The molecule has 1 heterocycles. The third-order valence-corrected chi connectivity index (χ3v) is 3.28. The third kappa shape index (κ3) is 2.44. The van der Waals surface area contributed by atoms with Crippen molar-refractivity contribution in [1.82, 2.24) is 10.3 Å². The van der Waals surface area contributed by atoms with Crippen molar-refractivity contribution in [3.05, 3.63) is 30.0 Å². The number of rotatable bonds is 4. The van der Waals surface area contributed by atoms with E-state index in [1.54, 1.807) is 0 Å². The van der Waals surface area contributed by atoms with Crippen LogP contribution < -0.4 is 10.6 Å². The summed E-state index contributed by atoms with van der Waals surface area (Å²) in [5, 5.41) is 8.09. The van der Waals surface area contributed by atoms with Gasteiger partial charge in [-0.15, -0.1) is 0 Å². The lowest BCUT2D eigenvalue weighted by Gasteiger charge is -2.25. The van der Waals surface area contributed by atoms with E-state index in [1.807, 2.05) is 7.05 Å². The molecular formula is C14H21N3. The van der Waals surface area contributed by atoms with Crippen LogP contribution in [-0.2, 0) is 0 Å². The predicted molar refractivity (Wildman–Crippen MR) is 74.7 cm³/mol. The molecule has 3 heteroatoms. The van der Waals surface area contributed by atoms with Crippen LogP contribution in [-0.4, -0.2) is 24.1 Å². The zero-order valence-corrected chi connectivity index (χ0v) is 11.0. The SMILES string of the molecule is CNC(C)(C)CNc1c(C)[nH]c2ccccc12. The number of H-pyrrole nitrogens is 1. The molecule has 0 radical (unpaired) electrons. The van der Waals surface area contributed by atoms with Gasteiger partial charge in [0.2, 0.25) is 0 Å². The number of aryl methyl sites for hydroxylation is 1. The summed E-state index contributed by atoms with van der Waals surface area (Å²) in [7, 11) is 1.99. The molecule has 0 amide bonds. The van der Waals surface area contributed by atoms with Crippen LogP contribution in [0.3, 0.4) is 0 Å². The maximum absolute atomic E-state index is 3.53. The monoisotopic (exact) mass is 231 g/mol. The second-order valence-electron chi connectivity index (χ2n) is 5.16. The zero-order chi connectivity index (χ0) is 12.5. The minimum atomic E-state index is 0.0881. The standard InChI is InChI=1S/C14H21N3/c1-10-13(16-9-14(2,3)15-4)11-7-5-6-8-12(11)17-10/h5-8,15-17H,9H2,1-4H3. The van der Waals surface area contributed by atoms with E-state index >= 15 is 0 Å². The quantitative estimate of drug-likeness (QED) is 0.757. The van der Waals surface area contributed by atoms with Crippen LogP contribution in [0.25, 0.3) is 10.9 Å². The fraction of sp³-hybridized carbons (Fsp3) is 0.429. The van der Waals surface area contributed by atoms with Gasteiger partial charge in [-0.25, -0.2) is 0 Å². The van der Waals surface area contributed by atoms with Crippen molar-refractivity contribution in [2.75, 3.05) is 18.9 Å². The molecule has 3 N–H and O–H groups in total. The van der Waals surface area contributed by atoms with Crippen molar-refractivity contribution in [1.29, 1.82) is 0 Å². The van der Waals surface area contributed by atoms with Gasteiger partial charge >= 0.3 is 0 Å². The molecule has 2 rings (SSSR count). The van der Waals surface area contributed by atoms with Crippen molar-refractivity contribution in [3.63, 3.8) is 0 Å². The van der Waals surface area contributed by atoms with Gasteiger partial charge < -0.3 is 15.6 Å². The molecule has 17 heavy (non-hydrogen) atoms. The number of benzene rings is 1. The largest absolute Gasteiger partial charge is 0.381 e. The molecule has 2 aromatic rings. The fourth-order valence-electron chi connectivity index (χ4n) is 1.90. The number of hydrogen-bond donors (Lipinski definition) is 3. The molecule has 0 aliphatic heterocycles. The second-order valence-corrected chi connectivity index (χ2v) is 5.16. The van der Waals surface area contributed by atoms with Crippen molar-refractivity contribution < 1.29 is 0 Å². The van der Waals surface area contributed by atoms with Gasteiger partial charge in [-0.1, -0.05) is 18.2 Å². The van der Waals surface area contributed by atoms with E-state index < -0.39 is 0 Å². The number of anilines is 1. The van der Waals surface area contributed by atoms with E-state index in [4.69, 9.17) is 0 Å². The first-order valence-electron chi connectivity index (χ1n) is 6.03. The lowest BCUT2D eigenvalue weighted by atomic mass is 10.1. The maximum Gasteiger partial charge on any atom is 0.0628 e. The summed E-state index contributed by atoms with van der Waals surface area (Å²) in [6.45, 7) is 7.37. The van der Waals surface area contributed by atoms with E-state index in [2.05, 4.69) is 60.7 Å². The number of likely N-dealkylation sites (N-methyl/N-ethyl adjacent to an activating group) is 1. The van der Waals surface area contributed by atoms with Crippen molar-refractivity contribution in [3.8, 4) is 0 Å². The van der Waals surface area contributed by atoms with Gasteiger partial charge in [-0.2, -0.15) is 0 Å². The molecule has 0 saturated heterocycles. The Bertz CT molecular complexity index is 511. The Kier molecular flexibility index (Phi) is 3.11. The Morgan fingerprint density at radius 2 is 1.94 bits per heavy atom. The van der Waals surface area contributed by atoms with E-state index in [0.29, 0.717) is 0 Å². The van der Waals surface area contributed by atoms with Gasteiger partial charge in [0, 0.05) is 28.7 Å². The number of aromatic nitrogens is 1. The average molecular weight is 231 g/mol. The lowest BCUT2D eigenvalue weighted by Crippen LogP contribution is -2.42. The van der Waals surface area contributed by atoms with Gasteiger partial charge in [-0.3, -0.25) is 0 Å². The summed E-state index contributed by atoms with van der Waals surface area (Å²) in [5.41, 5.74) is 3.68. The molecule has 1 aromatic heterocycles. The Morgan fingerprint density at radius 1 is 1.24 bits per heavy atom. The molecule has 92 valence electrons. The van der Waals surface area contributed by atoms with E-state index in [1.165, 1.54) is 22.3 Å². The molecule has 0 fully saturated rings. The topological polar surface area (TPSA) is 39.8 Å². The van der Waals surface area contributed by atoms with Crippen LogP contribution in [0, 0.1) is 6.92 Å². The molecule has 0 aliphatic carbocycles. The minimum absolute atomic E-state index is 0.0881. The Morgan fingerprint density at radius 3 is 2.65 bits per heavy atom. The van der Waals surface area contributed by atoms with Gasteiger partial charge in [0.15, 0.2) is 0 Å². The van der Waals surface area contributed by atoms with Crippen LogP contribution in [0.5, 0.6) is 0 Å². The number of hydrogen-bond acceptors (Lipinski definition) is 2. The summed E-state index contributed by atoms with van der Waals surface area (Å²) in [4.78, 5) is 3.40. The summed E-state index contributed by atoms with van der Waals surface area (Å²) in [6, 6.07) is 8.38. The van der Waals surface area contributed by atoms with Crippen LogP contribution in [0.4, 0.5) is 5.69 Å². The van der Waals surface area contributed by atoms with Gasteiger partial charge in [0.1, 0.15) is 0 Å². The van der Waals surface area contributed by atoms with Crippen LogP contribution in [0.2, 0.25) is 0 Å². The molecule has 0 atom stereocenters. The van der Waals surface area contributed by atoms with E-state index in [-0.39, 0.29) is 5.54 Å². The third-order valence-electron chi connectivity index (χ3n) is 3.28. The molecule has 0 aliphatic rings. The highest BCUT2D eigenvalue weighted by Gasteiger charge is 2.16. The van der Waals surface area contributed by atoms with Crippen molar-refractivity contribution in [2.45, 2.75) is 26.3 Å². The summed E-state index contributed by atoms with van der Waals surface area (Å²) in [5.74, 6) is 0. The highest BCUT2D eigenvalue weighted by Crippen LogP contribution is 2.27. The summed E-state index contributed by atoms with van der Waals surface area (Å²) < 4.78 is 0. The number of fused-ring (bicyclic) bond motifs is 1. The van der Waals surface area contributed by atoms with Crippen molar-refractivity contribution in [2.24, 2.45) is 0 Å². The van der Waals surface area contributed by atoms with E-state index in [0.717, 1.165) is 6.54 Å². The lowest BCUT2D eigenvalue weighted by molar-refractivity contribution is 0.448. The van der Waals surface area contributed by atoms with Gasteiger partial charge in [-0.05, 0) is 33.9 Å². The predicted octanol–water partition coefficient (Wildman–Crippen LogP) is 2.89. The van der Waals surface area contributed by atoms with Gasteiger partial charge in [0.25, 0.3) is 0 Å². The first-order chi connectivity index (χ1) is 8.03. The smallest absolute Gasteiger partial charge is 0.0628 e. The highest BCUT2D eigenvalue weighted by molar-refractivity contribution is 5.94. The van der Waals surface area contributed by atoms with Crippen LogP contribution >= 0.6 is 0 Å². The fourth-order valence-corrected chi connectivity index (χ4v) is 1.90. The van der Waals surface area contributed by atoms with Crippen molar-refractivity contribution >= 4 is 16.6 Å². The van der Waals surface area contributed by atoms with Crippen LogP contribution in [0.15, 0.2) is 24.3 Å². The first kappa shape index (κ1) is 12.0. The first-order valence-corrected chi connectivity index (χ1v) is 6.03. The molecular weight excluding hydrogens is 210 g/mol. The molecule has 0 unspecified atom stereocenters. The Labute approximate surface area is 103 Å².